The van der Waals surface area contributed by atoms with Gasteiger partial charge in [0, 0.05) is 0 Å². The van der Waals surface area contributed by atoms with Crippen molar-refractivity contribution in [2.75, 3.05) is 6.61 Å². The molecule has 0 aliphatic heterocycles. The van der Waals surface area contributed by atoms with Crippen LogP contribution in [0.2, 0.25) is 0 Å². The molecule has 0 spiro atoms. The molecule has 0 saturated carbocycles. The predicted molar refractivity (Wildman–Crippen MR) is 25.4 cm³/mol. The van der Waals surface area contributed by atoms with Crippen LogP contribution >= 0.6 is 0 Å². The Balaban J connectivity index is 3.59. The summed E-state index contributed by atoms with van der Waals surface area (Å²) in [5.74, 6) is -1.45. The van der Waals surface area contributed by atoms with Gasteiger partial charge in [0.2, 0.25) is 0 Å². The summed E-state index contributed by atoms with van der Waals surface area (Å²) in [5.41, 5.74) is 0. The van der Waals surface area contributed by atoms with Crippen molar-refractivity contribution < 1.29 is 18.3 Å². The van der Waals surface area contributed by atoms with Crippen LogP contribution in [0.15, 0.2) is 0 Å². The summed E-state index contributed by atoms with van der Waals surface area (Å²) in [7, 11) is 0. The molecule has 1 unspecified atom stereocenters. The van der Waals surface area contributed by atoms with Gasteiger partial charge in [-0.25, -0.2) is 5.11 Å². The monoisotopic (exact) mass is 141 g/mol. The second-order valence-corrected chi connectivity index (χ2v) is 1.94. The Morgan fingerprint density at radius 2 is 1.89 bits per heavy atom. The van der Waals surface area contributed by atoms with Crippen molar-refractivity contribution in [3.63, 3.8) is 0 Å². The zero-order chi connectivity index (χ0) is 7.49. The van der Waals surface area contributed by atoms with Crippen LogP contribution in [0.25, 0.3) is 0 Å². The van der Waals surface area contributed by atoms with E-state index < -0.39 is 18.7 Å². The maximum absolute atomic E-state index is 11.5. The molecular formula is C5H8F3O. The quantitative estimate of drug-likeness (QED) is 0.560. The number of alkyl halides is 3. The molecule has 0 heterocycles. The fraction of sp³-hybridized carbons (Fsp3) is 1.00. The Bertz CT molecular complexity index is 78.8. The zero-order valence-corrected chi connectivity index (χ0v) is 5.03. The van der Waals surface area contributed by atoms with Crippen LogP contribution in [0, 0.1) is 5.92 Å². The topological polar surface area (TPSA) is 19.9 Å². The summed E-state index contributed by atoms with van der Waals surface area (Å²) >= 11 is 0. The second-order valence-electron chi connectivity index (χ2n) is 1.94. The average molecular weight is 141 g/mol. The molecule has 0 aliphatic carbocycles. The molecule has 0 amide bonds. The Labute approximate surface area is 51.5 Å². The predicted octanol–water partition coefficient (Wildman–Crippen LogP) is 2.01. The highest BCUT2D eigenvalue weighted by Crippen LogP contribution is 2.27. The molecule has 1 nitrogen and oxygen atoms in total. The van der Waals surface area contributed by atoms with E-state index in [1.807, 2.05) is 0 Å². The summed E-state index contributed by atoms with van der Waals surface area (Å²) in [6, 6.07) is 0. The number of halogens is 3. The van der Waals surface area contributed by atoms with Crippen LogP contribution in [-0.2, 0) is 5.11 Å². The molecule has 9 heavy (non-hydrogen) atoms. The molecule has 4 heteroatoms. The lowest BCUT2D eigenvalue weighted by molar-refractivity contribution is -0.173. The molecule has 0 aromatic rings. The van der Waals surface area contributed by atoms with Crippen LogP contribution in [0.5, 0.6) is 0 Å². The molecule has 0 bridgehead atoms. The Kier molecular flexibility index (Phi) is 2.97. The molecule has 0 N–H and O–H groups in total. The minimum absolute atomic E-state index is 0.316. The lowest BCUT2D eigenvalue weighted by Crippen LogP contribution is -2.20. The Morgan fingerprint density at radius 3 is 2.00 bits per heavy atom. The van der Waals surface area contributed by atoms with E-state index in [1.165, 1.54) is 0 Å². The van der Waals surface area contributed by atoms with E-state index in [0.717, 1.165) is 6.92 Å². The maximum atomic E-state index is 11.5. The van der Waals surface area contributed by atoms with E-state index in [4.69, 9.17) is 0 Å². The van der Waals surface area contributed by atoms with E-state index >= 15 is 0 Å². The van der Waals surface area contributed by atoms with E-state index in [0.29, 0.717) is 0 Å². The molecule has 1 atom stereocenters. The van der Waals surface area contributed by atoms with E-state index in [-0.39, 0.29) is 6.42 Å². The lowest BCUT2D eigenvalue weighted by Gasteiger charge is -2.12. The molecular weight excluding hydrogens is 133 g/mol. The van der Waals surface area contributed by atoms with Gasteiger partial charge in [-0.05, 0) is 6.42 Å². The highest BCUT2D eigenvalue weighted by molar-refractivity contribution is 4.60. The highest BCUT2D eigenvalue weighted by Gasteiger charge is 2.35. The third-order valence-electron chi connectivity index (χ3n) is 1.11. The third kappa shape index (κ3) is 3.35. The average Bonchev–Trinajstić information content (AvgIpc) is 1.64. The number of hydrogen-bond donors (Lipinski definition) is 0. The standard InChI is InChI=1S/C5H8F3O/c1-4(2-3-9)5(6,7)8/h4H,2-3H2,1H3. The first-order chi connectivity index (χ1) is 3.98. The minimum atomic E-state index is -4.19. The van der Waals surface area contributed by atoms with Gasteiger partial charge in [0.1, 0.15) is 0 Å². The molecule has 0 aliphatic rings. The fourth-order valence-corrected chi connectivity index (χ4v) is 0.340. The third-order valence-corrected chi connectivity index (χ3v) is 1.11. The van der Waals surface area contributed by atoms with E-state index in [1.54, 1.807) is 0 Å². The molecule has 0 aromatic heterocycles. The van der Waals surface area contributed by atoms with Gasteiger partial charge >= 0.3 is 6.18 Å². The molecule has 0 aromatic carbocycles. The summed E-state index contributed by atoms with van der Waals surface area (Å²) in [6.07, 6.45) is -4.51. The Morgan fingerprint density at radius 1 is 1.44 bits per heavy atom. The summed E-state index contributed by atoms with van der Waals surface area (Å²) in [4.78, 5) is 0. The van der Waals surface area contributed by atoms with Gasteiger partial charge in [-0.1, -0.05) is 6.92 Å². The van der Waals surface area contributed by atoms with Crippen molar-refractivity contribution in [3.8, 4) is 0 Å². The molecule has 0 rings (SSSR count). The van der Waals surface area contributed by atoms with Crippen molar-refractivity contribution in [2.24, 2.45) is 5.92 Å². The number of hydrogen-bond acceptors (Lipinski definition) is 0. The molecule has 0 fully saturated rings. The summed E-state index contributed by atoms with van der Waals surface area (Å²) < 4.78 is 34.5. The van der Waals surface area contributed by atoms with Gasteiger partial charge in [-0.2, -0.15) is 13.2 Å². The first-order valence-corrected chi connectivity index (χ1v) is 2.63. The van der Waals surface area contributed by atoms with E-state index in [2.05, 4.69) is 0 Å². The van der Waals surface area contributed by atoms with Crippen molar-refractivity contribution >= 4 is 0 Å². The van der Waals surface area contributed by atoms with Gasteiger partial charge in [-0.3, -0.25) is 0 Å². The van der Waals surface area contributed by atoms with Gasteiger partial charge in [-0.15, -0.1) is 0 Å². The van der Waals surface area contributed by atoms with Crippen LogP contribution in [-0.4, -0.2) is 12.8 Å². The van der Waals surface area contributed by atoms with Crippen LogP contribution < -0.4 is 0 Å². The van der Waals surface area contributed by atoms with Crippen molar-refractivity contribution in [3.05, 3.63) is 0 Å². The van der Waals surface area contributed by atoms with Crippen molar-refractivity contribution in [2.45, 2.75) is 19.5 Å². The molecule has 1 radical (unpaired) electrons. The first kappa shape index (κ1) is 8.75. The second kappa shape index (κ2) is 3.06. The summed E-state index contributed by atoms with van der Waals surface area (Å²) in [6.45, 7) is 0.360. The molecule has 0 saturated heterocycles. The highest BCUT2D eigenvalue weighted by atomic mass is 19.4. The van der Waals surface area contributed by atoms with Gasteiger partial charge in [0.25, 0.3) is 0 Å². The van der Waals surface area contributed by atoms with Crippen molar-refractivity contribution in [1.82, 2.24) is 0 Å². The van der Waals surface area contributed by atoms with Gasteiger partial charge in [0.05, 0.1) is 12.5 Å². The summed E-state index contributed by atoms with van der Waals surface area (Å²) in [5, 5.41) is 9.69. The smallest absolute Gasteiger partial charge is 0.237 e. The van der Waals surface area contributed by atoms with Crippen LogP contribution in [0.3, 0.4) is 0 Å². The number of rotatable bonds is 2. The lowest BCUT2D eigenvalue weighted by atomic mass is 10.1. The first-order valence-electron chi connectivity index (χ1n) is 2.63. The normalized spacial score (nSPS) is 15.7. The fourth-order valence-electron chi connectivity index (χ4n) is 0.340. The zero-order valence-electron chi connectivity index (χ0n) is 5.03. The largest absolute Gasteiger partial charge is 0.391 e. The minimum Gasteiger partial charge on any atom is -0.237 e. The van der Waals surface area contributed by atoms with Gasteiger partial charge < -0.3 is 0 Å². The van der Waals surface area contributed by atoms with Crippen LogP contribution in [0.1, 0.15) is 13.3 Å². The van der Waals surface area contributed by atoms with Gasteiger partial charge in [0.15, 0.2) is 0 Å². The van der Waals surface area contributed by atoms with Crippen LogP contribution in [0.4, 0.5) is 13.2 Å². The van der Waals surface area contributed by atoms with Crippen molar-refractivity contribution in [1.29, 1.82) is 0 Å². The van der Waals surface area contributed by atoms with E-state index in [9.17, 15) is 18.3 Å². The Hall–Kier alpha value is -0.250. The molecule has 55 valence electrons. The maximum Gasteiger partial charge on any atom is 0.391 e. The SMILES string of the molecule is CC(CC[O])C(F)(F)F.